The molecule has 0 fully saturated rings. The molecule has 190 valence electrons. The number of amides is 3. The fraction of sp³-hybridized carbons (Fsp3) is 0.357. The van der Waals surface area contributed by atoms with Crippen LogP contribution in [-0.2, 0) is 4.74 Å². The van der Waals surface area contributed by atoms with Gasteiger partial charge in [0.2, 0.25) is 0 Å². The number of benzene rings is 3. The van der Waals surface area contributed by atoms with E-state index in [-0.39, 0.29) is 24.0 Å². The normalized spacial score (nSPS) is 18.6. The summed E-state index contributed by atoms with van der Waals surface area (Å²) in [6.45, 7) is 5.60. The van der Waals surface area contributed by atoms with Gasteiger partial charge >= 0.3 is 6.03 Å². The Morgan fingerprint density at radius 3 is 2.56 bits per heavy atom. The number of rotatable bonds is 7. The number of nitrogens with zero attached hydrogens (tertiary/aromatic N) is 1. The Hall–Kier alpha value is -3.62. The molecule has 0 saturated heterocycles. The molecular weight excluding hydrogens is 456 g/mol. The predicted molar refractivity (Wildman–Crippen MR) is 143 cm³/mol. The van der Waals surface area contributed by atoms with Crippen LogP contribution >= 0.6 is 0 Å². The fourth-order valence-electron chi connectivity index (χ4n) is 4.63. The molecule has 1 aliphatic heterocycles. The van der Waals surface area contributed by atoms with Gasteiger partial charge in [-0.3, -0.25) is 4.79 Å². The van der Waals surface area contributed by atoms with Crippen molar-refractivity contribution in [1.29, 1.82) is 0 Å². The number of carbonyl (C=O) groups is 2. The van der Waals surface area contributed by atoms with Gasteiger partial charge < -0.3 is 30.3 Å². The van der Waals surface area contributed by atoms with Gasteiger partial charge in [-0.1, -0.05) is 49.4 Å². The lowest BCUT2D eigenvalue weighted by Crippen LogP contribution is -2.49. The minimum Gasteiger partial charge on any atom is -0.486 e. The first-order chi connectivity index (χ1) is 17.4. The smallest absolute Gasteiger partial charge is 0.323 e. The summed E-state index contributed by atoms with van der Waals surface area (Å²) < 4.78 is 11.8. The molecule has 3 atom stereocenters. The third kappa shape index (κ3) is 5.45. The molecule has 36 heavy (non-hydrogen) atoms. The van der Waals surface area contributed by atoms with Gasteiger partial charge in [-0.25, -0.2) is 4.79 Å². The van der Waals surface area contributed by atoms with E-state index >= 15 is 0 Å². The Balaban J connectivity index is 1.66. The van der Waals surface area contributed by atoms with E-state index in [1.54, 1.807) is 25.3 Å². The highest BCUT2D eigenvalue weighted by Gasteiger charge is 2.34. The van der Waals surface area contributed by atoms with Gasteiger partial charge in [0.15, 0.2) is 5.75 Å². The lowest BCUT2D eigenvalue weighted by atomic mass is 9.99. The van der Waals surface area contributed by atoms with E-state index in [1.165, 1.54) is 0 Å². The van der Waals surface area contributed by atoms with Crippen LogP contribution in [0.15, 0.2) is 60.7 Å². The number of nitrogens with one attached hydrogen (secondary N) is 3. The summed E-state index contributed by atoms with van der Waals surface area (Å²) >= 11 is 0. The van der Waals surface area contributed by atoms with Crippen molar-refractivity contribution in [3.63, 3.8) is 0 Å². The van der Waals surface area contributed by atoms with Crippen molar-refractivity contribution in [2.75, 3.05) is 44.5 Å². The highest BCUT2D eigenvalue weighted by molar-refractivity contribution is 6.08. The van der Waals surface area contributed by atoms with Gasteiger partial charge in [0.25, 0.3) is 5.91 Å². The maximum absolute atomic E-state index is 13.6. The zero-order valence-electron chi connectivity index (χ0n) is 21.2. The number of likely N-dealkylation sites (N-methyl/N-ethyl adjacent to an activating group) is 1. The Morgan fingerprint density at radius 1 is 1.08 bits per heavy atom. The average Bonchev–Trinajstić information content (AvgIpc) is 2.87. The lowest BCUT2D eigenvalue weighted by Gasteiger charge is -2.37. The van der Waals surface area contributed by atoms with Crippen molar-refractivity contribution in [2.24, 2.45) is 5.92 Å². The maximum Gasteiger partial charge on any atom is 0.323 e. The Morgan fingerprint density at radius 2 is 1.78 bits per heavy atom. The summed E-state index contributed by atoms with van der Waals surface area (Å²) in [5.41, 5.74) is 1.55. The van der Waals surface area contributed by atoms with Gasteiger partial charge in [-0.15, -0.1) is 0 Å². The number of urea groups is 1. The number of hydrogen-bond donors (Lipinski definition) is 3. The van der Waals surface area contributed by atoms with Crippen LogP contribution in [0.1, 0.15) is 24.2 Å². The quantitative estimate of drug-likeness (QED) is 0.451. The molecule has 1 aliphatic rings. The molecule has 0 aliphatic carbocycles. The van der Waals surface area contributed by atoms with Crippen molar-refractivity contribution in [2.45, 2.75) is 26.0 Å². The van der Waals surface area contributed by atoms with Crippen LogP contribution < -0.4 is 20.7 Å². The number of methoxy groups -OCH3 is 1. The summed E-state index contributed by atoms with van der Waals surface area (Å²) in [5, 5.41) is 11.0. The van der Waals surface area contributed by atoms with E-state index in [4.69, 9.17) is 9.47 Å². The summed E-state index contributed by atoms with van der Waals surface area (Å²) in [6, 6.07) is 18.3. The van der Waals surface area contributed by atoms with E-state index < -0.39 is 6.03 Å². The van der Waals surface area contributed by atoms with Crippen molar-refractivity contribution >= 4 is 34.1 Å². The van der Waals surface area contributed by atoms with Gasteiger partial charge in [0.05, 0.1) is 29.6 Å². The first-order valence-electron chi connectivity index (χ1n) is 12.2. The van der Waals surface area contributed by atoms with Crippen molar-refractivity contribution in [3.8, 4) is 5.75 Å². The largest absolute Gasteiger partial charge is 0.486 e. The molecule has 8 heteroatoms. The number of hydrogen-bond acceptors (Lipinski definition) is 5. The van der Waals surface area contributed by atoms with Gasteiger partial charge in [0.1, 0.15) is 6.10 Å². The molecule has 0 saturated carbocycles. The molecule has 3 amide bonds. The topological polar surface area (TPSA) is 91.9 Å². The molecule has 3 N–H and O–H groups in total. The van der Waals surface area contributed by atoms with E-state index in [0.717, 1.165) is 10.8 Å². The minimum atomic E-state index is -0.416. The van der Waals surface area contributed by atoms with Crippen molar-refractivity contribution in [3.05, 3.63) is 66.2 Å². The molecule has 1 heterocycles. The third-order valence-corrected chi connectivity index (χ3v) is 6.53. The van der Waals surface area contributed by atoms with Crippen molar-refractivity contribution < 1.29 is 19.1 Å². The second kappa shape index (κ2) is 11.4. The summed E-state index contributed by atoms with van der Waals surface area (Å²) in [5.74, 6) is 0.269. The number of ether oxygens (including phenoxy) is 2. The molecule has 3 aromatic carbocycles. The summed E-state index contributed by atoms with van der Waals surface area (Å²) in [4.78, 5) is 28.5. The van der Waals surface area contributed by atoms with Gasteiger partial charge in [0, 0.05) is 31.5 Å². The third-order valence-electron chi connectivity index (χ3n) is 6.53. The van der Waals surface area contributed by atoms with E-state index in [9.17, 15) is 9.59 Å². The molecule has 3 aromatic rings. The second-order valence-corrected chi connectivity index (χ2v) is 9.24. The van der Waals surface area contributed by atoms with Crippen LogP contribution in [0, 0.1) is 5.92 Å². The molecule has 4 rings (SSSR count). The number of anilines is 2. The molecule has 8 nitrogen and oxygen atoms in total. The zero-order chi connectivity index (χ0) is 25.7. The lowest BCUT2D eigenvalue weighted by molar-refractivity contribution is 0.0366. The summed E-state index contributed by atoms with van der Waals surface area (Å²) in [6.07, 6.45) is -0.205. The van der Waals surface area contributed by atoms with Gasteiger partial charge in [-0.05, 0) is 37.6 Å². The Labute approximate surface area is 212 Å². The molecule has 0 bridgehead atoms. The SMILES string of the molecule is CNC[C@@H]1Oc2c(NC(=O)Nc3cccc4ccccc34)cccc2C(=O)N([C@@H](C)COC)C[C@H]1C. The van der Waals surface area contributed by atoms with Crippen LogP contribution in [0.25, 0.3) is 10.8 Å². The van der Waals surface area contributed by atoms with E-state index in [0.29, 0.717) is 42.4 Å². The molecular formula is C28H34N4O4. The Kier molecular flexibility index (Phi) is 8.07. The number of para-hydroxylation sites is 1. The second-order valence-electron chi connectivity index (χ2n) is 9.24. The maximum atomic E-state index is 13.6. The minimum absolute atomic E-state index is 0.0476. The standard InChI is InChI=1S/C28H34N4O4/c1-18-16-32(19(2)17-35-4)27(33)22-12-8-14-24(26(22)36-25(18)15-29-3)31-28(34)30-23-13-7-10-20-9-5-6-11-21(20)23/h5-14,18-19,25,29H,15-17H2,1-4H3,(H2,30,31,34)/t18-,19+,25+/m1/s1. The van der Waals surface area contributed by atoms with Crippen LogP contribution in [0.4, 0.5) is 16.2 Å². The van der Waals surface area contributed by atoms with Crippen molar-refractivity contribution in [1.82, 2.24) is 10.2 Å². The van der Waals surface area contributed by atoms with E-state index in [2.05, 4.69) is 22.9 Å². The predicted octanol–water partition coefficient (Wildman–Crippen LogP) is 4.58. The van der Waals surface area contributed by atoms with E-state index in [1.807, 2.05) is 61.3 Å². The summed E-state index contributed by atoms with van der Waals surface area (Å²) in [7, 11) is 3.50. The average molecular weight is 491 g/mol. The molecule has 0 spiro atoms. The molecule has 0 aromatic heterocycles. The number of carbonyl (C=O) groups excluding carboxylic acids is 2. The number of fused-ring (bicyclic) bond motifs is 2. The Bertz CT molecular complexity index is 1230. The zero-order valence-corrected chi connectivity index (χ0v) is 21.2. The van der Waals surface area contributed by atoms with Crippen LogP contribution in [0.2, 0.25) is 0 Å². The molecule has 0 radical (unpaired) electrons. The first-order valence-corrected chi connectivity index (χ1v) is 12.2. The van der Waals surface area contributed by atoms with Gasteiger partial charge in [-0.2, -0.15) is 0 Å². The highest BCUT2D eigenvalue weighted by atomic mass is 16.5. The van der Waals surface area contributed by atoms with Crippen LogP contribution in [-0.4, -0.2) is 62.8 Å². The fourth-order valence-corrected chi connectivity index (χ4v) is 4.63. The highest BCUT2D eigenvalue weighted by Crippen LogP contribution is 2.35. The monoisotopic (exact) mass is 490 g/mol. The first kappa shape index (κ1) is 25.5. The molecule has 0 unspecified atom stereocenters. The van der Waals surface area contributed by atoms with Crippen LogP contribution in [0.3, 0.4) is 0 Å². The van der Waals surface area contributed by atoms with Crippen LogP contribution in [0.5, 0.6) is 5.75 Å².